The second-order valence-electron chi connectivity index (χ2n) is 12.9. The normalized spacial score (nSPS) is 15.7. The van der Waals surface area contributed by atoms with E-state index in [1.165, 1.54) is 4.57 Å². The zero-order chi connectivity index (χ0) is 35.0. The highest BCUT2D eigenvalue weighted by molar-refractivity contribution is 7.27. The molecule has 1 aliphatic rings. The lowest BCUT2D eigenvalue weighted by molar-refractivity contribution is 0.582. The van der Waals surface area contributed by atoms with Crippen LogP contribution in [0.2, 0.25) is 0 Å². The Morgan fingerprint density at radius 2 is 1.79 bits per heavy atom. The molecule has 0 radical (unpaired) electrons. The second-order valence-corrected chi connectivity index (χ2v) is 13.5. The number of nitrogens with zero attached hydrogens (tertiary/aromatic N) is 5. The fraction of sp³-hybridized carbons (Fsp3) is 0.395. The highest BCUT2D eigenvalue weighted by Crippen LogP contribution is 2.24. The van der Waals surface area contributed by atoms with Gasteiger partial charge in [0.05, 0.1) is 29.6 Å². The van der Waals surface area contributed by atoms with Crippen molar-refractivity contribution in [2.45, 2.75) is 94.7 Å². The number of aliphatic imine (C=N–C) groups is 1. The molecule has 1 unspecified atom stereocenters. The van der Waals surface area contributed by atoms with E-state index in [1.54, 1.807) is 13.0 Å². The molecule has 0 aliphatic heterocycles. The van der Waals surface area contributed by atoms with Crippen LogP contribution in [0.15, 0.2) is 91.2 Å². The Labute approximate surface area is 281 Å². The summed E-state index contributed by atoms with van der Waals surface area (Å²) in [5.74, 6) is 0.597. The molecule has 248 valence electrons. The van der Waals surface area contributed by atoms with Crippen LogP contribution in [0.1, 0.15) is 92.3 Å². The molecular formula is C38H49N6O2P. The standard InChI is InChI=1S/C38H49N6O2P/c1-11-28-19-33(27(10)17-34(28)40-25(7)8)41-36-42-37(45)44(32(12-2)16-26(9)15-24(5)6)38(46)43(36)22-31-18-30(21-39)35(47)20-29(31)14-13-23(3)4/h11-12,15-20,23,25H,13-14,22,47H2,1-10H3,(H,41,42,45)/b26-16-,28-11-,32-12+,40-34-. The van der Waals surface area contributed by atoms with Gasteiger partial charge in [0.15, 0.2) is 0 Å². The van der Waals surface area contributed by atoms with Crippen molar-refractivity contribution in [3.8, 4) is 6.07 Å². The van der Waals surface area contributed by atoms with Crippen LogP contribution >= 0.6 is 9.24 Å². The van der Waals surface area contributed by atoms with Gasteiger partial charge in [-0.05, 0) is 132 Å². The molecule has 1 heterocycles. The molecule has 0 amide bonds. The molecule has 0 saturated heterocycles. The maximum absolute atomic E-state index is 14.5. The minimum atomic E-state index is -0.687. The van der Waals surface area contributed by atoms with Crippen LogP contribution in [0.3, 0.4) is 0 Å². The molecule has 47 heavy (non-hydrogen) atoms. The Morgan fingerprint density at radius 3 is 2.36 bits per heavy atom. The van der Waals surface area contributed by atoms with Crippen LogP contribution in [0.5, 0.6) is 0 Å². The van der Waals surface area contributed by atoms with E-state index in [0.29, 0.717) is 22.9 Å². The van der Waals surface area contributed by atoms with E-state index >= 15 is 0 Å². The number of hydrogen-bond acceptors (Lipinski definition) is 6. The molecule has 0 saturated carbocycles. The molecule has 2 aromatic rings. The third kappa shape index (κ3) is 9.59. The fourth-order valence-electron chi connectivity index (χ4n) is 5.35. The van der Waals surface area contributed by atoms with E-state index in [4.69, 9.17) is 4.99 Å². The number of aryl methyl sites for hydroxylation is 1. The van der Waals surface area contributed by atoms with Crippen LogP contribution in [-0.4, -0.2) is 25.9 Å². The number of rotatable bonds is 11. The van der Waals surface area contributed by atoms with E-state index in [1.807, 2.05) is 91.0 Å². The minimum Gasteiger partial charge on any atom is -0.325 e. The third-order valence-electron chi connectivity index (χ3n) is 7.66. The van der Waals surface area contributed by atoms with Crippen molar-refractivity contribution in [1.82, 2.24) is 14.1 Å². The molecule has 1 aliphatic carbocycles. The Kier molecular flexibility index (Phi) is 13.0. The smallest absolute Gasteiger partial charge is 0.325 e. The number of allylic oxidation sites excluding steroid dienone is 11. The van der Waals surface area contributed by atoms with Gasteiger partial charge in [0, 0.05) is 11.7 Å². The predicted molar refractivity (Wildman–Crippen MR) is 200 cm³/mol. The first-order valence-electron chi connectivity index (χ1n) is 16.2. The number of hydrogen-bond donors (Lipinski definition) is 1. The first-order chi connectivity index (χ1) is 22.2. The van der Waals surface area contributed by atoms with Gasteiger partial charge in [0.2, 0.25) is 5.95 Å². The van der Waals surface area contributed by atoms with Gasteiger partial charge in [0.1, 0.15) is 0 Å². The van der Waals surface area contributed by atoms with Crippen molar-refractivity contribution < 1.29 is 0 Å². The second kappa shape index (κ2) is 16.5. The van der Waals surface area contributed by atoms with E-state index in [9.17, 15) is 14.9 Å². The summed E-state index contributed by atoms with van der Waals surface area (Å²) in [6.45, 7) is 20.1. The van der Waals surface area contributed by atoms with Gasteiger partial charge in [-0.3, -0.25) is 9.56 Å². The molecule has 9 heteroatoms. The van der Waals surface area contributed by atoms with E-state index < -0.39 is 11.4 Å². The van der Waals surface area contributed by atoms with Crippen molar-refractivity contribution in [3.63, 3.8) is 0 Å². The van der Waals surface area contributed by atoms with Crippen LogP contribution < -0.4 is 22.0 Å². The molecule has 8 nitrogen and oxygen atoms in total. The summed E-state index contributed by atoms with van der Waals surface area (Å²) in [5.41, 5.74) is 7.00. The van der Waals surface area contributed by atoms with Gasteiger partial charge in [-0.1, -0.05) is 43.7 Å². The summed E-state index contributed by atoms with van der Waals surface area (Å²) in [4.78, 5) is 37.4. The molecule has 3 rings (SSSR count). The average molecular weight is 653 g/mol. The first kappa shape index (κ1) is 37.1. The summed E-state index contributed by atoms with van der Waals surface area (Å²) < 4.78 is 2.60. The van der Waals surface area contributed by atoms with Gasteiger partial charge in [-0.25, -0.2) is 14.2 Å². The van der Waals surface area contributed by atoms with Gasteiger partial charge in [0.25, 0.3) is 0 Å². The van der Waals surface area contributed by atoms with Crippen molar-refractivity contribution >= 4 is 31.9 Å². The molecule has 0 fully saturated rings. The van der Waals surface area contributed by atoms with Gasteiger partial charge in [-0.15, -0.1) is 9.24 Å². The summed E-state index contributed by atoms with van der Waals surface area (Å²) in [5, 5.41) is 14.0. The molecule has 1 N–H and O–H groups in total. The van der Waals surface area contributed by atoms with Crippen molar-refractivity contribution in [2.75, 3.05) is 5.32 Å². The van der Waals surface area contributed by atoms with Crippen molar-refractivity contribution in [2.24, 2.45) is 10.9 Å². The molecule has 1 atom stereocenters. The summed E-state index contributed by atoms with van der Waals surface area (Å²) in [6, 6.07) is 6.25. The average Bonchev–Trinajstić information content (AvgIpc) is 2.98. The molecule has 0 spiro atoms. The monoisotopic (exact) mass is 652 g/mol. The highest BCUT2D eigenvalue weighted by Gasteiger charge is 2.21. The number of aromatic nitrogens is 3. The van der Waals surface area contributed by atoms with Crippen LogP contribution in [0, 0.1) is 17.2 Å². The molecular weight excluding hydrogens is 603 g/mol. The third-order valence-corrected chi connectivity index (χ3v) is 8.13. The first-order valence-corrected chi connectivity index (χ1v) is 16.7. The van der Waals surface area contributed by atoms with Gasteiger partial charge < -0.3 is 5.32 Å². The highest BCUT2D eigenvalue weighted by atomic mass is 31.0. The Bertz CT molecular complexity index is 1900. The van der Waals surface area contributed by atoms with Crippen LogP contribution in [-0.2, 0) is 13.0 Å². The summed E-state index contributed by atoms with van der Waals surface area (Å²) >= 11 is 0. The van der Waals surface area contributed by atoms with Crippen molar-refractivity contribution in [3.05, 3.63) is 114 Å². The van der Waals surface area contributed by atoms with E-state index in [-0.39, 0.29) is 18.5 Å². The van der Waals surface area contributed by atoms with E-state index in [0.717, 1.165) is 61.8 Å². The zero-order valence-electron chi connectivity index (χ0n) is 29.5. The number of nitriles is 1. The fourth-order valence-corrected chi connectivity index (χ4v) is 5.69. The summed E-state index contributed by atoms with van der Waals surface area (Å²) in [6.07, 6.45) is 13.2. The Hall–Kier alpha value is -4.34. The van der Waals surface area contributed by atoms with E-state index in [2.05, 4.69) is 39.5 Å². The lowest BCUT2D eigenvalue weighted by Gasteiger charge is -2.22. The molecule has 1 aromatic carbocycles. The SMILES string of the molecule is C/C=C1/C=C(Nc2nc(=O)n(C(/C=C(/C)C=C(C)C)=C/C)c(=O)n2Cc2cc(C#N)c(P)cc2CCC(C)C)C(C)=C/C1=N/C(C)C. The summed E-state index contributed by atoms with van der Waals surface area (Å²) in [7, 11) is 2.65. The molecule has 0 bridgehead atoms. The van der Waals surface area contributed by atoms with Crippen molar-refractivity contribution in [1.29, 1.82) is 5.26 Å². The zero-order valence-corrected chi connectivity index (χ0v) is 30.7. The number of anilines is 1. The maximum Gasteiger partial charge on any atom is 0.359 e. The topological polar surface area (TPSA) is 105 Å². The lowest BCUT2D eigenvalue weighted by Crippen LogP contribution is -2.42. The quantitative estimate of drug-likeness (QED) is 0.204. The molecule has 1 aromatic heterocycles. The lowest BCUT2D eigenvalue weighted by atomic mass is 9.96. The number of nitrogens with one attached hydrogen (secondary N) is 1. The Morgan fingerprint density at radius 1 is 1.09 bits per heavy atom. The van der Waals surface area contributed by atoms with Gasteiger partial charge >= 0.3 is 11.4 Å². The Balaban J connectivity index is 2.32. The number of benzene rings is 1. The van der Waals surface area contributed by atoms with Crippen LogP contribution in [0.4, 0.5) is 5.95 Å². The van der Waals surface area contributed by atoms with Gasteiger partial charge in [-0.2, -0.15) is 10.2 Å². The minimum absolute atomic E-state index is 0.113. The maximum atomic E-state index is 14.5. The predicted octanol–water partition coefficient (Wildman–Crippen LogP) is 7.24. The largest absolute Gasteiger partial charge is 0.359 e. The van der Waals surface area contributed by atoms with Crippen LogP contribution in [0.25, 0.3) is 5.70 Å².